The number of aromatic nitrogens is 2. The largest absolute Gasteiger partial charge is 0.324 e. The van der Waals surface area contributed by atoms with Gasteiger partial charge >= 0.3 is 0 Å². The highest BCUT2D eigenvalue weighted by molar-refractivity contribution is 7.79. The van der Waals surface area contributed by atoms with Crippen LogP contribution in [-0.2, 0) is 17.5 Å². The van der Waals surface area contributed by atoms with Gasteiger partial charge in [0, 0.05) is 30.4 Å². The molecule has 0 saturated carbocycles. The van der Waals surface area contributed by atoms with Crippen molar-refractivity contribution in [3.63, 3.8) is 0 Å². The number of aryl methyl sites for hydroxylation is 1. The Morgan fingerprint density at radius 2 is 2.06 bits per heavy atom. The lowest BCUT2D eigenvalue weighted by Gasteiger charge is -2.15. The molecule has 1 rings (SSSR count). The lowest BCUT2D eigenvalue weighted by molar-refractivity contribution is 0.490. The molecule has 0 spiro atoms. The Morgan fingerprint density at radius 3 is 2.53 bits per heavy atom. The maximum Gasteiger partial charge on any atom is 0.153 e. The van der Waals surface area contributed by atoms with Gasteiger partial charge in [0.25, 0.3) is 0 Å². The second kappa shape index (κ2) is 6.78. The third-order valence-corrected chi connectivity index (χ3v) is 3.41. The molecule has 3 unspecified atom stereocenters. The fourth-order valence-electron chi connectivity index (χ4n) is 1.62. The maximum absolute atomic E-state index is 10.7. The molecule has 6 heteroatoms. The van der Waals surface area contributed by atoms with Crippen molar-refractivity contribution in [2.24, 2.45) is 11.7 Å². The molecular weight excluding hydrogens is 238 g/mol. The Bertz CT molecular complexity index is 369. The van der Waals surface area contributed by atoms with Crippen molar-refractivity contribution >= 4 is 11.1 Å². The molecule has 1 aromatic heterocycles. The first-order valence-electron chi connectivity index (χ1n) is 5.66. The highest BCUT2D eigenvalue weighted by Crippen LogP contribution is 2.18. The van der Waals surface area contributed by atoms with Crippen LogP contribution in [0, 0.1) is 5.92 Å². The summed E-state index contributed by atoms with van der Waals surface area (Å²) < 4.78 is 19.4. The molecule has 0 aliphatic carbocycles. The maximum atomic E-state index is 10.7. The molecule has 0 saturated heterocycles. The van der Waals surface area contributed by atoms with E-state index in [0.717, 1.165) is 17.8 Å². The van der Waals surface area contributed by atoms with Gasteiger partial charge in [0.2, 0.25) is 0 Å². The van der Waals surface area contributed by atoms with Crippen LogP contribution < -0.4 is 5.73 Å². The van der Waals surface area contributed by atoms with Gasteiger partial charge in [-0.3, -0.25) is 0 Å². The summed E-state index contributed by atoms with van der Waals surface area (Å²) in [5.74, 6) is 1.15. The van der Waals surface area contributed by atoms with Gasteiger partial charge in [-0.05, 0) is 12.3 Å². The number of hydrogen-bond acceptors (Lipinski definition) is 4. The summed E-state index contributed by atoms with van der Waals surface area (Å²) in [5, 5.41) is 0. The van der Waals surface area contributed by atoms with Crippen molar-refractivity contribution in [2.45, 2.75) is 32.7 Å². The van der Waals surface area contributed by atoms with Crippen molar-refractivity contribution in [1.82, 2.24) is 9.97 Å². The van der Waals surface area contributed by atoms with Crippen LogP contribution in [-0.4, -0.2) is 24.5 Å². The SMILES string of the molecule is CCc1ncc(C(N)CC(C)CS(=O)O)cn1. The van der Waals surface area contributed by atoms with E-state index in [1.54, 1.807) is 12.4 Å². The molecule has 96 valence electrons. The summed E-state index contributed by atoms with van der Waals surface area (Å²) in [6.07, 6.45) is 4.93. The molecule has 0 aromatic carbocycles. The highest BCUT2D eigenvalue weighted by atomic mass is 32.2. The standard InChI is InChI=1S/C11H19N3O2S/c1-3-11-13-5-9(6-14-11)10(12)4-8(2)7-17(15)16/h5-6,8,10H,3-4,7,12H2,1-2H3,(H,15,16). The third kappa shape index (κ3) is 4.89. The number of hydrogen-bond donors (Lipinski definition) is 2. The summed E-state index contributed by atoms with van der Waals surface area (Å²) in [5.41, 5.74) is 6.88. The van der Waals surface area contributed by atoms with E-state index in [9.17, 15) is 4.21 Å². The first-order valence-corrected chi connectivity index (χ1v) is 6.94. The molecule has 0 radical (unpaired) electrons. The zero-order valence-electron chi connectivity index (χ0n) is 10.2. The normalized spacial score (nSPS) is 16.5. The Hall–Kier alpha value is -0.850. The van der Waals surface area contributed by atoms with Crippen molar-refractivity contribution in [1.29, 1.82) is 0 Å². The van der Waals surface area contributed by atoms with Gasteiger partial charge in [-0.2, -0.15) is 0 Å². The summed E-state index contributed by atoms with van der Waals surface area (Å²) in [6.45, 7) is 3.91. The molecule has 0 fully saturated rings. The van der Waals surface area contributed by atoms with Gasteiger partial charge in [0.05, 0.1) is 5.75 Å². The van der Waals surface area contributed by atoms with E-state index in [1.165, 1.54) is 0 Å². The van der Waals surface area contributed by atoms with Gasteiger partial charge < -0.3 is 10.3 Å². The Kier molecular flexibility index (Phi) is 5.67. The molecule has 0 amide bonds. The van der Waals surface area contributed by atoms with E-state index in [1.807, 2.05) is 13.8 Å². The fraction of sp³-hybridized carbons (Fsp3) is 0.636. The smallest absolute Gasteiger partial charge is 0.153 e. The molecule has 3 atom stereocenters. The molecule has 5 nitrogen and oxygen atoms in total. The number of nitrogens with zero attached hydrogens (tertiary/aromatic N) is 2. The van der Waals surface area contributed by atoms with E-state index in [0.29, 0.717) is 6.42 Å². The van der Waals surface area contributed by atoms with Gasteiger partial charge in [0.15, 0.2) is 11.1 Å². The number of rotatable bonds is 6. The minimum absolute atomic E-state index is 0.0988. The molecule has 1 aromatic rings. The average Bonchev–Trinajstić information content (AvgIpc) is 2.28. The number of nitrogens with two attached hydrogens (primary N) is 1. The minimum atomic E-state index is -1.76. The van der Waals surface area contributed by atoms with Crippen LogP contribution in [0.4, 0.5) is 0 Å². The lowest BCUT2D eigenvalue weighted by Crippen LogP contribution is -2.18. The zero-order chi connectivity index (χ0) is 12.8. The molecular formula is C11H19N3O2S. The lowest BCUT2D eigenvalue weighted by atomic mass is 10.00. The first-order chi connectivity index (χ1) is 8.02. The molecule has 0 bridgehead atoms. The van der Waals surface area contributed by atoms with Crippen molar-refractivity contribution < 1.29 is 8.76 Å². The van der Waals surface area contributed by atoms with E-state index in [-0.39, 0.29) is 17.7 Å². The van der Waals surface area contributed by atoms with Crippen molar-refractivity contribution in [2.75, 3.05) is 5.75 Å². The van der Waals surface area contributed by atoms with Crippen molar-refractivity contribution in [3.05, 3.63) is 23.8 Å². The summed E-state index contributed by atoms with van der Waals surface area (Å²) in [7, 11) is 0. The molecule has 0 aliphatic heterocycles. The Morgan fingerprint density at radius 1 is 1.47 bits per heavy atom. The fourth-order valence-corrected chi connectivity index (χ4v) is 2.24. The predicted molar refractivity (Wildman–Crippen MR) is 67.8 cm³/mol. The van der Waals surface area contributed by atoms with Crippen LogP contribution in [0.15, 0.2) is 12.4 Å². The van der Waals surface area contributed by atoms with Gasteiger partial charge in [-0.25, -0.2) is 14.2 Å². The van der Waals surface area contributed by atoms with Crippen LogP contribution in [0.5, 0.6) is 0 Å². The molecule has 1 heterocycles. The predicted octanol–water partition coefficient (Wildman–Crippen LogP) is 1.29. The minimum Gasteiger partial charge on any atom is -0.324 e. The second-order valence-electron chi connectivity index (χ2n) is 4.22. The molecule has 0 aliphatic rings. The van der Waals surface area contributed by atoms with Crippen LogP contribution in [0.2, 0.25) is 0 Å². The summed E-state index contributed by atoms with van der Waals surface area (Å²) in [4.78, 5) is 8.37. The Labute approximate surface area is 104 Å². The van der Waals surface area contributed by atoms with E-state index >= 15 is 0 Å². The summed E-state index contributed by atoms with van der Waals surface area (Å²) in [6, 6.07) is -0.181. The van der Waals surface area contributed by atoms with E-state index < -0.39 is 11.1 Å². The van der Waals surface area contributed by atoms with Crippen LogP contribution in [0.3, 0.4) is 0 Å². The van der Waals surface area contributed by atoms with Crippen LogP contribution >= 0.6 is 0 Å². The van der Waals surface area contributed by atoms with E-state index in [2.05, 4.69) is 9.97 Å². The zero-order valence-corrected chi connectivity index (χ0v) is 11.0. The highest BCUT2D eigenvalue weighted by Gasteiger charge is 2.13. The first kappa shape index (κ1) is 14.2. The van der Waals surface area contributed by atoms with Gasteiger partial charge in [0.1, 0.15) is 5.82 Å². The van der Waals surface area contributed by atoms with Crippen LogP contribution in [0.25, 0.3) is 0 Å². The second-order valence-corrected chi connectivity index (χ2v) is 5.20. The van der Waals surface area contributed by atoms with Gasteiger partial charge in [-0.15, -0.1) is 0 Å². The molecule has 3 N–H and O–H groups in total. The van der Waals surface area contributed by atoms with Crippen LogP contribution in [0.1, 0.15) is 37.7 Å². The Balaban J connectivity index is 2.56. The molecule has 17 heavy (non-hydrogen) atoms. The monoisotopic (exact) mass is 257 g/mol. The summed E-state index contributed by atoms with van der Waals surface area (Å²) >= 11 is -1.76. The van der Waals surface area contributed by atoms with E-state index in [4.69, 9.17) is 10.3 Å². The average molecular weight is 257 g/mol. The van der Waals surface area contributed by atoms with Gasteiger partial charge in [-0.1, -0.05) is 13.8 Å². The quantitative estimate of drug-likeness (QED) is 0.749. The van der Waals surface area contributed by atoms with Crippen molar-refractivity contribution in [3.8, 4) is 0 Å². The third-order valence-electron chi connectivity index (χ3n) is 2.55. The topological polar surface area (TPSA) is 89.1 Å².